The molecular weight excluding hydrogens is 312 g/mol. The third kappa shape index (κ3) is 8.55. The summed E-state index contributed by atoms with van der Waals surface area (Å²) in [4.78, 5) is 33.7. The minimum absolute atomic E-state index is 0.00817. The molecule has 2 unspecified atom stereocenters. The van der Waals surface area contributed by atoms with Crippen molar-refractivity contribution in [2.45, 2.75) is 39.5 Å². The number of carbonyl (C=O) groups is 3. The van der Waals surface area contributed by atoms with E-state index in [0.29, 0.717) is 30.5 Å². The fourth-order valence-electron chi connectivity index (χ4n) is 2.73. The third-order valence-electron chi connectivity index (χ3n) is 3.96. The molecule has 0 radical (unpaired) electrons. The highest BCUT2D eigenvalue weighted by atomic mass is 16.6. The van der Waals surface area contributed by atoms with E-state index in [4.69, 9.17) is 9.47 Å². The van der Waals surface area contributed by atoms with Gasteiger partial charge in [-0.05, 0) is 38.0 Å². The van der Waals surface area contributed by atoms with Crippen molar-refractivity contribution >= 4 is 18.0 Å². The lowest BCUT2D eigenvalue weighted by atomic mass is 9.81. The van der Waals surface area contributed by atoms with Gasteiger partial charge in [-0.1, -0.05) is 13.0 Å². The molecule has 0 aliphatic heterocycles. The predicted octanol–water partition coefficient (Wildman–Crippen LogP) is 1.77. The molecule has 2 atom stereocenters. The summed E-state index contributed by atoms with van der Waals surface area (Å²) in [5.74, 6) is 0.357. The fourth-order valence-corrected chi connectivity index (χ4v) is 2.73. The van der Waals surface area contributed by atoms with Gasteiger partial charge in [-0.15, -0.1) is 0 Å². The van der Waals surface area contributed by atoms with Crippen LogP contribution in [0.4, 0.5) is 4.79 Å². The van der Waals surface area contributed by atoms with E-state index in [2.05, 4.69) is 17.2 Å². The van der Waals surface area contributed by atoms with Gasteiger partial charge in [0.05, 0.1) is 0 Å². The first-order valence-corrected chi connectivity index (χ1v) is 8.36. The lowest BCUT2D eigenvalue weighted by Crippen LogP contribution is -2.35. The molecular formula is C17H28N2O5. The molecule has 1 aliphatic carbocycles. The summed E-state index contributed by atoms with van der Waals surface area (Å²) < 4.78 is 9.79. The fraction of sp³-hybridized carbons (Fsp3) is 0.706. The van der Waals surface area contributed by atoms with Crippen molar-refractivity contribution in [1.82, 2.24) is 10.6 Å². The zero-order chi connectivity index (χ0) is 17.9. The Labute approximate surface area is 143 Å². The summed E-state index contributed by atoms with van der Waals surface area (Å²) in [6.45, 7) is 7.82. The number of esters is 1. The summed E-state index contributed by atoms with van der Waals surface area (Å²) in [5, 5.41) is 5.60. The van der Waals surface area contributed by atoms with Crippen LogP contribution < -0.4 is 10.6 Å². The van der Waals surface area contributed by atoms with E-state index in [1.165, 1.54) is 6.92 Å². The highest BCUT2D eigenvalue weighted by molar-refractivity contribution is 5.86. The van der Waals surface area contributed by atoms with Crippen LogP contribution in [0, 0.1) is 11.8 Å². The molecule has 0 spiro atoms. The molecule has 1 fully saturated rings. The van der Waals surface area contributed by atoms with Gasteiger partial charge in [0.15, 0.2) is 0 Å². The highest BCUT2D eigenvalue weighted by Gasteiger charge is 2.22. The standard InChI is InChI=1S/C17H28N2O5/c1-12(2)16(21)23-7-8-24-17(22)19-11-15-6-4-5-14(9-15)10-18-13(3)20/h14-15H,1,4-11H2,2-3H3,(H,18,20)(H,19,22). The second kappa shape index (κ2) is 10.7. The van der Waals surface area contributed by atoms with Crippen molar-refractivity contribution in [3.05, 3.63) is 12.2 Å². The van der Waals surface area contributed by atoms with Crippen LogP contribution in [0.2, 0.25) is 0 Å². The molecule has 0 aromatic carbocycles. The quantitative estimate of drug-likeness (QED) is 0.399. The Bertz CT molecular complexity index is 464. The first-order valence-electron chi connectivity index (χ1n) is 8.36. The maximum Gasteiger partial charge on any atom is 0.407 e. The summed E-state index contributed by atoms with van der Waals surface area (Å²) in [7, 11) is 0. The van der Waals surface area contributed by atoms with Gasteiger partial charge >= 0.3 is 12.1 Å². The summed E-state index contributed by atoms with van der Waals surface area (Å²) >= 11 is 0. The molecule has 0 aromatic rings. The van der Waals surface area contributed by atoms with E-state index in [1.807, 2.05) is 0 Å². The lowest BCUT2D eigenvalue weighted by Gasteiger charge is -2.29. The summed E-state index contributed by atoms with van der Waals surface area (Å²) in [6, 6.07) is 0. The molecule has 2 N–H and O–H groups in total. The maximum absolute atomic E-state index is 11.6. The number of rotatable bonds is 8. The van der Waals surface area contributed by atoms with Crippen LogP contribution in [0.3, 0.4) is 0 Å². The van der Waals surface area contributed by atoms with Gasteiger partial charge in [0.25, 0.3) is 0 Å². The largest absolute Gasteiger partial charge is 0.459 e. The number of amides is 2. The van der Waals surface area contributed by atoms with Crippen molar-refractivity contribution in [2.75, 3.05) is 26.3 Å². The van der Waals surface area contributed by atoms with Crippen LogP contribution in [-0.2, 0) is 19.1 Å². The van der Waals surface area contributed by atoms with Crippen molar-refractivity contribution in [1.29, 1.82) is 0 Å². The molecule has 7 nitrogen and oxygen atoms in total. The van der Waals surface area contributed by atoms with Crippen molar-refractivity contribution < 1.29 is 23.9 Å². The number of ether oxygens (including phenoxy) is 2. The minimum atomic E-state index is -0.509. The molecule has 1 aliphatic rings. The smallest absolute Gasteiger partial charge is 0.407 e. The Kier molecular flexibility index (Phi) is 8.89. The van der Waals surface area contributed by atoms with E-state index in [-0.39, 0.29) is 19.1 Å². The number of nitrogens with one attached hydrogen (secondary N) is 2. The van der Waals surface area contributed by atoms with Gasteiger partial charge in [-0.3, -0.25) is 4.79 Å². The van der Waals surface area contributed by atoms with E-state index < -0.39 is 12.1 Å². The number of alkyl carbamates (subject to hydrolysis) is 1. The Balaban J connectivity index is 2.13. The molecule has 1 rings (SSSR count). The molecule has 0 heterocycles. The van der Waals surface area contributed by atoms with Gasteiger partial charge in [0, 0.05) is 25.6 Å². The van der Waals surface area contributed by atoms with Crippen LogP contribution in [0.25, 0.3) is 0 Å². The SMILES string of the molecule is C=C(C)C(=O)OCCOC(=O)NCC1CCCC(CNC(C)=O)C1. The average Bonchev–Trinajstić information content (AvgIpc) is 2.55. The first-order chi connectivity index (χ1) is 11.4. The molecule has 0 bridgehead atoms. The topological polar surface area (TPSA) is 93.7 Å². The van der Waals surface area contributed by atoms with Crippen LogP contribution in [0.15, 0.2) is 12.2 Å². The first kappa shape index (κ1) is 20.0. The van der Waals surface area contributed by atoms with Gasteiger partial charge < -0.3 is 20.1 Å². The Morgan fingerprint density at radius 3 is 2.17 bits per heavy atom. The Morgan fingerprint density at radius 2 is 1.58 bits per heavy atom. The monoisotopic (exact) mass is 340 g/mol. The van der Waals surface area contributed by atoms with Crippen molar-refractivity contribution in [3.63, 3.8) is 0 Å². The molecule has 0 aromatic heterocycles. The summed E-state index contributed by atoms with van der Waals surface area (Å²) in [6.07, 6.45) is 3.74. The molecule has 1 saturated carbocycles. The van der Waals surface area contributed by atoms with E-state index in [1.54, 1.807) is 6.92 Å². The molecule has 0 saturated heterocycles. The highest BCUT2D eigenvalue weighted by Crippen LogP contribution is 2.28. The maximum atomic E-state index is 11.6. The van der Waals surface area contributed by atoms with Gasteiger partial charge in [0.2, 0.25) is 5.91 Å². The Hall–Kier alpha value is -2.05. The van der Waals surface area contributed by atoms with Crippen LogP contribution in [0.5, 0.6) is 0 Å². The normalized spacial score (nSPS) is 19.9. The average molecular weight is 340 g/mol. The second-order valence-electron chi connectivity index (χ2n) is 6.27. The molecule has 7 heteroatoms. The van der Waals surface area contributed by atoms with E-state index in [0.717, 1.165) is 25.7 Å². The third-order valence-corrected chi connectivity index (χ3v) is 3.96. The van der Waals surface area contributed by atoms with Gasteiger partial charge in [-0.2, -0.15) is 0 Å². The molecule has 24 heavy (non-hydrogen) atoms. The van der Waals surface area contributed by atoms with Gasteiger partial charge in [-0.25, -0.2) is 9.59 Å². The predicted molar refractivity (Wildman–Crippen MR) is 89.3 cm³/mol. The number of hydrogen-bond donors (Lipinski definition) is 2. The molecule has 136 valence electrons. The number of hydrogen-bond acceptors (Lipinski definition) is 5. The van der Waals surface area contributed by atoms with Crippen LogP contribution >= 0.6 is 0 Å². The van der Waals surface area contributed by atoms with Crippen molar-refractivity contribution in [3.8, 4) is 0 Å². The second-order valence-corrected chi connectivity index (χ2v) is 6.27. The lowest BCUT2D eigenvalue weighted by molar-refractivity contribution is -0.139. The van der Waals surface area contributed by atoms with Crippen LogP contribution in [0.1, 0.15) is 39.5 Å². The minimum Gasteiger partial charge on any atom is -0.459 e. The Morgan fingerprint density at radius 1 is 1.00 bits per heavy atom. The van der Waals surface area contributed by atoms with Crippen LogP contribution in [-0.4, -0.2) is 44.3 Å². The van der Waals surface area contributed by atoms with E-state index >= 15 is 0 Å². The van der Waals surface area contributed by atoms with Crippen molar-refractivity contribution in [2.24, 2.45) is 11.8 Å². The van der Waals surface area contributed by atoms with Gasteiger partial charge in [0.1, 0.15) is 13.2 Å². The summed E-state index contributed by atoms with van der Waals surface area (Å²) in [5.41, 5.74) is 0.311. The molecule has 2 amide bonds. The zero-order valence-electron chi connectivity index (χ0n) is 14.6. The zero-order valence-corrected chi connectivity index (χ0v) is 14.6. The van der Waals surface area contributed by atoms with E-state index in [9.17, 15) is 14.4 Å². The number of carbonyl (C=O) groups excluding carboxylic acids is 3.